The Kier molecular flexibility index (Phi) is 7.16. The summed E-state index contributed by atoms with van der Waals surface area (Å²) in [5.74, 6) is 0.235. The third-order valence-electron chi connectivity index (χ3n) is 4.69. The Labute approximate surface area is 189 Å². The number of furan rings is 1. The molecule has 0 saturated heterocycles. The Morgan fingerprint density at radius 2 is 1.73 bits per heavy atom. The van der Waals surface area contributed by atoms with Crippen LogP contribution in [-0.4, -0.2) is 19.2 Å². The normalized spacial score (nSPS) is 12.1. The van der Waals surface area contributed by atoms with Crippen molar-refractivity contribution in [3.8, 4) is 5.75 Å². The SMILES string of the molecule is CC(C)C(=O)N(Cc1ccc(OS(=O)(=O)c2cccc(C(F)(F)F)c2)cc1)Cc1ccco1. The van der Waals surface area contributed by atoms with E-state index in [1.54, 1.807) is 43.0 Å². The first kappa shape index (κ1) is 24.4. The lowest BCUT2D eigenvalue weighted by atomic mass is 10.1. The van der Waals surface area contributed by atoms with Crippen LogP contribution < -0.4 is 4.18 Å². The molecular weight excluding hydrogens is 459 g/mol. The second kappa shape index (κ2) is 9.70. The maximum absolute atomic E-state index is 12.9. The van der Waals surface area contributed by atoms with E-state index in [4.69, 9.17) is 8.60 Å². The van der Waals surface area contributed by atoms with E-state index in [-0.39, 0.29) is 30.7 Å². The molecule has 1 amide bonds. The van der Waals surface area contributed by atoms with Gasteiger partial charge in [0.05, 0.1) is 18.4 Å². The molecule has 0 aliphatic heterocycles. The molecule has 0 bridgehead atoms. The van der Waals surface area contributed by atoms with Crippen molar-refractivity contribution in [2.75, 3.05) is 0 Å². The van der Waals surface area contributed by atoms with Gasteiger partial charge in [-0.3, -0.25) is 4.79 Å². The minimum atomic E-state index is -4.68. The molecule has 0 atom stereocenters. The minimum absolute atomic E-state index is 0.0658. The lowest BCUT2D eigenvalue weighted by Crippen LogP contribution is -2.33. The van der Waals surface area contributed by atoms with E-state index >= 15 is 0 Å². The van der Waals surface area contributed by atoms with Gasteiger partial charge in [0, 0.05) is 12.5 Å². The number of benzene rings is 2. The molecule has 3 aromatic rings. The number of amides is 1. The highest BCUT2D eigenvalue weighted by molar-refractivity contribution is 7.87. The van der Waals surface area contributed by atoms with Crippen molar-refractivity contribution in [3.63, 3.8) is 0 Å². The number of nitrogens with zero attached hydrogens (tertiary/aromatic N) is 1. The standard InChI is InChI=1S/C23H22F3NO5S/c1-16(2)22(28)27(15-20-6-4-12-31-20)14-17-8-10-19(11-9-17)32-33(29,30)21-7-3-5-18(13-21)23(24,25)26/h3-13,16H,14-15H2,1-2H3. The van der Waals surface area contributed by atoms with E-state index < -0.39 is 26.8 Å². The Morgan fingerprint density at radius 1 is 1.03 bits per heavy atom. The number of halogens is 3. The Balaban J connectivity index is 1.74. The van der Waals surface area contributed by atoms with Crippen molar-refractivity contribution in [2.24, 2.45) is 5.92 Å². The summed E-state index contributed by atoms with van der Waals surface area (Å²) >= 11 is 0. The summed E-state index contributed by atoms with van der Waals surface area (Å²) in [4.78, 5) is 13.6. The minimum Gasteiger partial charge on any atom is -0.467 e. The third kappa shape index (κ3) is 6.38. The molecule has 0 saturated carbocycles. The fourth-order valence-corrected chi connectivity index (χ4v) is 4.02. The van der Waals surface area contributed by atoms with Crippen LogP contribution in [0.3, 0.4) is 0 Å². The summed E-state index contributed by atoms with van der Waals surface area (Å²) in [6.07, 6.45) is -3.16. The van der Waals surface area contributed by atoms with Gasteiger partial charge in [-0.1, -0.05) is 32.0 Å². The van der Waals surface area contributed by atoms with Gasteiger partial charge >= 0.3 is 16.3 Å². The van der Waals surface area contributed by atoms with Crippen LogP contribution in [0.4, 0.5) is 13.2 Å². The summed E-state index contributed by atoms with van der Waals surface area (Å²) in [5.41, 5.74) is -0.381. The number of hydrogen-bond donors (Lipinski definition) is 0. The van der Waals surface area contributed by atoms with Crippen molar-refractivity contribution in [3.05, 3.63) is 83.8 Å². The van der Waals surface area contributed by atoms with Crippen molar-refractivity contribution in [2.45, 2.75) is 38.0 Å². The number of carbonyl (C=O) groups is 1. The number of carbonyl (C=O) groups excluding carboxylic acids is 1. The molecule has 1 aromatic heterocycles. The van der Waals surface area contributed by atoms with Crippen LogP contribution in [0.5, 0.6) is 5.75 Å². The molecule has 0 fully saturated rings. The molecule has 1 heterocycles. The monoisotopic (exact) mass is 481 g/mol. The highest BCUT2D eigenvalue weighted by atomic mass is 32.2. The first-order valence-electron chi connectivity index (χ1n) is 9.97. The fraction of sp³-hybridized carbons (Fsp3) is 0.261. The molecule has 176 valence electrons. The molecule has 10 heteroatoms. The van der Waals surface area contributed by atoms with E-state index in [1.165, 1.54) is 18.4 Å². The Hall–Kier alpha value is -3.27. The van der Waals surface area contributed by atoms with Crippen molar-refractivity contribution in [1.29, 1.82) is 0 Å². The van der Waals surface area contributed by atoms with E-state index in [1.807, 2.05) is 0 Å². The lowest BCUT2D eigenvalue weighted by Gasteiger charge is -2.24. The molecule has 6 nitrogen and oxygen atoms in total. The van der Waals surface area contributed by atoms with Gasteiger partial charge in [-0.15, -0.1) is 0 Å². The van der Waals surface area contributed by atoms with Crippen LogP contribution in [-0.2, 0) is 34.2 Å². The van der Waals surface area contributed by atoms with Crippen LogP contribution in [0.25, 0.3) is 0 Å². The molecule has 0 aliphatic rings. The molecule has 3 rings (SSSR count). The van der Waals surface area contributed by atoms with Crippen LogP contribution in [0.2, 0.25) is 0 Å². The largest absolute Gasteiger partial charge is 0.467 e. The summed E-state index contributed by atoms with van der Waals surface area (Å²) in [5, 5.41) is 0. The maximum atomic E-state index is 12.9. The van der Waals surface area contributed by atoms with Gasteiger partial charge in [0.15, 0.2) is 0 Å². The van der Waals surface area contributed by atoms with Crippen LogP contribution in [0, 0.1) is 5.92 Å². The van der Waals surface area contributed by atoms with Gasteiger partial charge in [-0.05, 0) is 48.0 Å². The van der Waals surface area contributed by atoms with Crippen molar-refractivity contribution in [1.82, 2.24) is 4.90 Å². The van der Waals surface area contributed by atoms with E-state index in [9.17, 15) is 26.4 Å². The van der Waals surface area contributed by atoms with Crippen LogP contribution >= 0.6 is 0 Å². The summed E-state index contributed by atoms with van der Waals surface area (Å²) in [6.45, 7) is 4.09. The zero-order chi connectivity index (χ0) is 24.2. The number of hydrogen-bond acceptors (Lipinski definition) is 5. The zero-order valence-corrected chi connectivity index (χ0v) is 18.7. The fourth-order valence-electron chi connectivity index (χ4n) is 3.04. The lowest BCUT2D eigenvalue weighted by molar-refractivity contribution is -0.138. The van der Waals surface area contributed by atoms with E-state index in [2.05, 4.69) is 0 Å². The predicted octanol–water partition coefficient (Wildman–Crippen LogP) is 5.25. The number of rotatable bonds is 8. The van der Waals surface area contributed by atoms with Gasteiger partial charge in [0.25, 0.3) is 0 Å². The van der Waals surface area contributed by atoms with Gasteiger partial charge in [0.1, 0.15) is 16.4 Å². The molecule has 0 N–H and O–H groups in total. The second-order valence-corrected chi connectivity index (χ2v) is 9.18. The molecular formula is C23H22F3NO5S. The highest BCUT2D eigenvalue weighted by Crippen LogP contribution is 2.31. The first-order chi connectivity index (χ1) is 15.5. The van der Waals surface area contributed by atoms with Crippen molar-refractivity contribution >= 4 is 16.0 Å². The molecule has 2 aromatic carbocycles. The van der Waals surface area contributed by atoms with Gasteiger partial charge in [0.2, 0.25) is 5.91 Å². The van der Waals surface area contributed by atoms with Gasteiger partial charge in [-0.2, -0.15) is 21.6 Å². The zero-order valence-electron chi connectivity index (χ0n) is 17.9. The molecule has 0 unspecified atom stereocenters. The quantitative estimate of drug-likeness (QED) is 0.411. The second-order valence-electron chi connectivity index (χ2n) is 7.64. The number of alkyl halides is 3. The Morgan fingerprint density at radius 3 is 2.30 bits per heavy atom. The smallest absolute Gasteiger partial charge is 0.416 e. The van der Waals surface area contributed by atoms with Crippen molar-refractivity contribution < 1.29 is 35.0 Å². The first-order valence-corrected chi connectivity index (χ1v) is 11.4. The topological polar surface area (TPSA) is 76.8 Å². The summed E-state index contributed by atoms with van der Waals surface area (Å²) < 4.78 is 73.9. The maximum Gasteiger partial charge on any atom is 0.416 e. The third-order valence-corrected chi connectivity index (χ3v) is 5.93. The average Bonchev–Trinajstić information content (AvgIpc) is 3.26. The average molecular weight is 481 g/mol. The summed E-state index contributed by atoms with van der Waals surface area (Å²) in [6, 6.07) is 12.7. The molecule has 0 radical (unpaired) electrons. The van der Waals surface area contributed by atoms with Gasteiger partial charge < -0.3 is 13.5 Å². The highest BCUT2D eigenvalue weighted by Gasteiger charge is 2.32. The van der Waals surface area contributed by atoms with E-state index in [0.717, 1.165) is 18.2 Å². The van der Waals surface area contributed by atoms with Crippen LogP contribution in [0.15, 0.2) is 76.2 Å². The molecule has 0 aliphatic carbocycles. The predicted molar refractivity (Wildman–Crippen MR) is 113 cm³/mol. The molecule has 0 spiro atoms. The molecule has 33 heavy (non-hydrogen) atoms. The van der Waals surface area contributed by atoms with E-state index in [0.29, 0.717) is 17.4 Å². The summed E-state index contributed by atoms with van der Waals surface area (Å²) in [7, 11) is -4.47. The van der Waals surface area contributed by atoms with Crippen LogP contribution in [0.1, 0.15) is 30.7 Å². The van der Waals surface area contributed by atoms with Gasteiger partial charge in [-0.25, -0.2) is 0 Å². The Bertz CT molecular complexity index is 1190.